The highest BCUT2D eigenvalue weighted by atomic mass is 35.5. The molecule has 1 aromatic heterocycles. The van der Waals surface area contributed by atoms with E-state index in [2.05, 4.69) is 9.71 Å². The van der Waals surface area contributed by atoms with Gasteiger partial charge in [0.2, 0.25) is 5.88 Å². The SMILES string of the molecule is COCCOc1ccc(COC(=O)NS(=O)(=O)NCCOc2ccccc2)c(Oc2ncc(C(F)(F)F)cc2Cl)c1. The second-order valence-corrected chi connectivity index (χ2v) is 9.87. The fourth-order valence-corrected chi connectivity index (χ4v) is 3.93. The zero-order valence-electron chi connectivity index (χ0n) is 21.4. The van der Waals surface area contributed by atoms with Crippen molar-refractivity contribution in [2.45, 2.75) is 12.8 Å². The largest absolute Gasteiger partial charge is 0.492 e. The molecule has 0 saturated carbocycles. The molecule has 0 aliphatic heterocycles. The maximum Gasteiger partial charge on any atom is 0.422 e. The second kappa shape index (κ2) is 14.7. The van der Waals surface area contributed by atoms with E-state index in [1.807, 2.05) is 0 Å². The molecular weight excluding hydrogens is 595 g/mol. The molecule has 1 heterocycles. The Kier molecular flexibility index (Phi) is 11.4. The highest BCUT2D eigenvalue weighted by Crippen LogP contribution is 2.36. The van der Waals surface area contributed by atoms with Crippen molar-refractivity contribution in [3.8, 4) is 23.1 Å². The Labute approximate surface area is 238 Å². The predicted molar refractivity (Wildman–Crippen MR) is 140 cm³/mol. The summed E-state index contributed by atoms with van der Waals surface area (Å²) >= 11 is 5.95. The molecular formula is C25H25ClF3N3O8S. The third-order valence-electron chi connectivity index (χ3n) is 4.92. The van der Waals surface area contributed by atoms with E-state index in [0.29, 0.717) is 18.0 Å². The molecule has 0 saturated heterocycles. The van der Waals surface area contributed by atoms with Crippen LogP contribution in [0.2, 0.25) is 5.02 Å². The number of nitrogens with one attached hydrogen (secondary N) is 2. The molecule has 3 aromatic rings. The maximum atomic E-state index is 13.0. The number of hydrogen-bond donors (Lipinski definition) is 2. The first kappa shape index (κ1) is 31.7. The summed E-state index contributed by atoms with van der Waals surface area (Å²) in [7, 11) is -2.79. The van der Waals surface area contributed by atoms with Crippen LogP contribution in [-0.4, -0.2) is 53.0 Å². The Morgan fingerprint density at radius 2 is 1.73 bits per heavy atom. The van der Waals surface area contributed by atoms with E-state index >= 15 is 0 Å². The number of ether oxygens (including phenoxy) is 5. The molecule has 0 aliphatic carbocycles. The van der Waals surface area contributed by atoms with E-state index < -0.39 is 39.7 Å². The summed E-state index contributed by atoms with van der Waals surface area (Å²) in [4.78, 5) is 15.8. The third kappa shape index (κ3) is 10.6. The molecule has 0 unspecified atom stereocenters. The van der Waals surface area contributed by atoms with Crippen LogP contribution in [0.4, 0.5) is 18.0 Å². The van der Waals surface area contributed by atoms with Gasteiger partial charge >= 0.3 is 22.5 Å². The lowest BCUT2D eigenvalue weighted by Gasteiger charge is -2.15. The number of methoxy groups -OCH3 is 1. The van der Waals surface area contributed by atoms with Gasteiger partial charge in [0.05, 0.1) is 12.2 Å². The average molecular weight is 620 g/mol. The topological polar surface area (TPSA) is 134 Å². The number of benzene rings is 2. The lowest BCUT2D eigenvalue weighted by atomic mass is 10.2. The number of alkyl halides is 3. The minimum atomic E-state index is -4.67. The summed E-state index contributed by atoms with van der Waals surface area (Å²) < 4.78 is 93.5. The van der Waals surface area contributed by atoms with Gasteiger partial charge in [-0.1, -0.05) is 29.8 Å². The first-order chi connectivity index (χ1) is 19.5. The van der Waals surface area contributed by atoms with E-state index in [-0.39, 0.29) is 49.3 Å². The molecule has 11 nitrogen and oxygen atoms in total. The van der Waals surface area contributed by atoms with Gasteiger partial charge in [-0.05, 0) is 30.3 Å². The number of pyridine rings is 1. The van der Waals surface area contributed by atoms with E-state index in [1.54, 1.807) is 35.1 Å². The zero-order chi connectivity index (χ0) is 29.9. The molecule has 0 atom stereocenters. The molecule has 0 aliphatic rings. The Morgan fingerprint density at radius 1 is 1.00 bits per heavy atom. The lowest BCUT2D eigenvalue weighted by Crippen LogP contribution is -2.41. The van der Waals surface area contributed by atoms with Crippen LogP contribution in [0, 0.1) is 0 Å². The summed E-state index contributed by atoms with van der Waals surface area (Å²) in [5.74, 6) is 0.447. The van der Waals surface area contributed by atoms with Crippen molar-refractivity contribution in [1.29, 1.82) is 0 Å². The normalized spacial score (nSPS) is 11.5. The van der Waals surface area contributed by atoms with E-state index in [0.717, 1.165) is 0 Å². The van der Waals surface area contributed by atoms with E-state index in [1.165, 1.54) is 25.3 Å². The van der Waals surface area contributed by atoms with Crippen molar-refractivity contribution in [2.24, 2.45) is 0 Å². The first-order valence-corrected chi connectivity index (χ1v) is 13.6. The monoisotopic (exact) mass is 619 g/mol. The molecule has 3 rings (SSSR count). The van der Waals surface area contributed by atoms with Crippen LogP contribution < -0.4 is 23.7 Å². The Bertz CT molecular complexity index is 1410. The van der Waals surface area contributed by atoms with Crippen molar-refractivity contribution in [2.75, 3.05) is 33.5 Å². The molecule has 0 radical (unpaired) electrons. The quantitative estimate of drug-likeness (QED) is 0.246. The van der Waals surface area contributed by atoms with Gasteiger partial charge in [-0.2, -0.15) is 26.3 Å². The molecule has 0 spiro atoms. The number of hydrogen-bond acceptors (Lipinski definition) is 9. The average Bonchev–Trinajstić information content (AvgIpc) is 2.91. The third-order valence-corrected chi connectivity index (χ3v) is 6.21. The van der Waals surface area contributed by atoms with Crippen LogP contribution in [0.5, 0.6) is 23.1 Å². The summed E-state index contributed by atoms with van der Waals surface area (Å²) in [5.41, 5.74) is -0.883. The molecule has 16 heteroatoms. The Balaban J connectivity index is 1.63. The van der Waals surface area contributed by atoms with Crippen LogP contribution in [0.3, 0.4) is 0 Å². The Hall–Kier alpha value is -3.79. The van der Waals surface area contributed by atoms with Gasteiger partial charge < -0.3 is 23.7 Å². The highest BCUT2D eigenvalue weighted by molar-refractivity contribution is 7.88. The number of aromatic nitrogens is 1. The molecule has 1 amide bonds. The van der Waals surface area contributed by atoms with Crippen molar-refractivity contribution >= 4 is 27.9 Å². The van der Waals surface area contributed by atoms with Crippen molar-refractivity contribution < 1.29 is 50.1 Å². The molecule has 0 fully saturated rings. The van der Waals surface area contributed by atoms with Crippen molar-refractivity contribution in [3.05, 3.63) is 76.9 Å². The molecule has 41 heavy (non-hydrogen) atoms. The van der Waals surface area contributed by atoms with Gasteiger partial charge in [0, 0.05) is 31.5 Å². The first-order valence-electron chi connectivity index (χ1n) is 11.7. The number of nitrogens with zero attached hydrogens (tertiary/aromatic N) is 1. The van der Waals surface area contributed by atoms with Gasteiger partial charge in [0.1, 0.15) is 42.1 Å². The minimum Gasteiger partial charge on any atom is -0.492 e. The number of halogens is 4. The van der Waals surface area contributed by atoms with E-state index in [9.17, 15) is 26.4 Å². The molecule has 0 bridgehead atoms. The molecule has 2 aromatic carbocycles. The second-order valence-electron chi connectivity index (χ2n) is 7.96. The van der Waals surface area contributed by atoms with Crippen LogP contribution in [0.1, 0.15) is 11.1 Å². The minimum absolute atomic E-state index is 0.0000154. The maximum absolute atomic E-state index is 13.0. The van der Waals surface area contributed by atoms with Crippen LogP contribution in [-0.2, 0) is 32.5 Å². The van der Waals surface area contributed by atoms with Gasteiger partial charge in [0.25, 0.3) is 0 Å². The number of carbonyl (C=O) groups excluding carboxylic acids is 1. The lowest BCUT2D eigenvalue weighted by molar-refractivity contribution is -0.137. The van der Waals surface area contributed by atoms with Crippen molar-refractivity contribution in [3.63, 3.8) is 0 Å². The van der Waals surface area contributed by atoms with E-state index in [4.69, 9.17) is 35.3 Å². The molecule has 2 N–H and O–H groups in total. The number of rotatable bonds is 14. The fourth-order valence-electron chi connectivity index (χ4n) is 3.02. The smallest absolute Gasteiger partial charge is 0.422 e. The highest BCUT2D eigenvalue weighted by Gasteiger charge is 2.32. The molecule has 222 valence electrons. The van der Waals surface area contributed by atoms with Gasteiger partial charge in [-0.3, -0.25) is 0 Å². The predicted octanol–water partition coefficient (Wildman–Crippen LogP) is 4.71. The standard InChI is InChI=1S/C25H25ClF3N3O8S/c1-36-11-12-38-20-8-7-17(22(14-20)40-23-21(26)13-18(15-30-23)25(27,28)29)16-39-24(33)32-41(34,35)31-9-10-37-19-5-3-2-4-6-19/h2-8,13-15,31H,9-12,16H2,1H3,(H,32,33). The summed E-state index contributed by atoms with van der Waals surface area (Å²) in [5, 5.41) is -0.427. The van der Waals surface area contributed by atoms with Gasteiger partial charge in [-0.15, -0.1) is 0 Å². The fraction of sp³-hybridized carbons (Fsp3) is 0.280. The summed E-state index contributed by atoms with van der Waals surface area (Å²) in [6.45, 7) is -0.186. The van der Waals surface area contributed by atoms with Crippen LogP contribution >= 0.6 is 11.6 Å². The van der Waals surface area contributed by atoms with Crippen LogP contribution in [0.25, 0.3) is 0 Å². The van der Waals surface area contributed by atoms with Gasteiger partial charge in [0.15, 0.2) is 0 Å². The summed E-state index contributed by atoms with van der Waals surface area (Å²) in [6.07, 6.45) is -5.42. The Morgan fingerprint density at radius 3 is 2.41 bits per heavy atom. The summed E-state index contributed by atoms with van der Waals surface area (Å²) in [6, 6.07) is 13.7. The number of amides is 1. The zero-order valence-corrected chi connectivity index (χ0v) is 23.0. The van der Waals surface area contributed by atoms with Crippen LogP contribution in [0.15, 0.2) is 60.8 Å². The number of carbonyl (C=O) groups is 1. The van der Waals surface area contributed by atoms with Gasteiger partial charge in [-0.25, -0.2) is 14.5 Å². The van der Waals surface area contributed by atoms with Crippen molar-refractivity contribution in [1.82, 2.24) is 14.4 Å². The number of para-hydroxylation sites is 1.